The van der Waals surface area contributed by atoms with Crippen molar-refractivity contribution in [3.63, 3.8) is 0 Å². The minimum Gasteiger partial charge on any atom is -0.394 e. The second-order valence-electron chi connectivity index (χ2n) is 19.7. The van der Waals surface area contributed by atoms with Gasteiger partial charge in [0, 0.05) is 26.3 Å². The fraction of sp³-hybridized carbons (Fsp3) is 0.755. The van der Waals surface area contributed by atoms with E-state index >= 15 is 0 Å². The maximum Gasteiger partial charge on any atom is 0.397 e. The lowest BCUT2D eigenvalue weighted by molar-refractivity contribution is -0.361. The highest BCUT2D eigenvalue weighted by Gasteiger charge is 2.56. The number of amides is 4. The molecule has 0 radical (unpaired) electrons. The van der Waals surface area contributed by atoms with Gasteiger partial charge in [0.05, 0.1) is 26.4 Å². The van der Waals surface area contributed by atoms with E-state index in [-0.39, 0.29) is 5.56 Å². The van der Waals surface area contributed by atoms with Gasteiger partial charge < -0.3 is 100 Å². The van der Waals surface area contributed by atoms with E-state index in [9.17, 15) is 78.1 Å². The summed E-state index contributed by atoms with van der Waals surface area (Å²) >= 11 is 0. The summed E-state index contributed by atoms with van der Waals surface area (Å²) in [5.41, 5.74) is 1.14. The minimum absolute atomic E-state index is 0.161. The first-order chi connectivity index (χ1) is 37.0. The molecule has 0 bridgehead atoms. The molecule has 0 aliphatic carbocycles. The van der Waals surface area contributed by atoms with Crippen LogP contribution in [0.1, 0.15) is 95.0 Å². The molecule has 5 rings (SSSR count). The number of aliphatic hydroxyl groups excluding tert-OH is 9. The Balaban J connectivity index is 1.33. The van der Waals surface area contributed by atoms with Crippen LogP contribution in [-0.2, 0) is 68.5 Å². The SMILES string of the molecule is CCCCCC/C=C\CCCCc1ccc(C(=O)NC2[C@H](O[C@H]3C(O)C(NC(C)=O)[C@H](O[C@@H]4C(CO)O[C@@H](O[C@H]5C(O)C(NC(C)=O)C(O)O[C@H]5COS(=O)(=O)O)C(NC(C)=O)[C@H]4O)O[C@H]3CO)OC(CO)[C@@H](O)[C@@H]2O)cc1. The fourth-order valence-electron chi connectivity index (χ4n) is 9.65. The quantitative estimate of drug-likeness (QED) is 0.0228. The fourth-order valence-corrected chi connectivity index (χ4v) is 9.96. The van der Waals surface area contributed by atoms with Gasteiger partial charge in [-0.05, 0) is 56.2 Å². The number of aryl methyl sites for hydroxylation is 1. The molecular formula is C49H78N4O24S. The Morgan fingerprint density at radius 3 is 1.45 bits per heavy atom. The van der Waals surface area contributed by atoms with Gasteiger partial charge in [-0.2, -0.15) is 8.42 Å². The molecule has 4 aliphatic rings. The molecule has 0 aromatic heterocycles. The Hall–Kier alpha value is -3.93. The first-order valence-electron chi connectivity index (χ1n) is 26.0. The molecule has 20 atom stereocenters. The van der Waals surface area contributed by atoms with Crippen molar-refractivity contribution in [2.75, 3.05) is 26.4 Å². The number of carbonyl (C=O) groups excluding carboxylic acids is 4. The minimum atomic E-state index is -5.16. The van der Waals surface area contributed by atoms with Gasteiger partial charge in [0.15, 0.2) is 25.2 Å². The molecule has 29 heteroatoms. The molecule has 4 fully saturated rings. The third kappa shape index (κ3) is 18.0. The van der Waals surface area contributed by atoms with Gasteiger partial charge in [-0.3, -0.25) is 23.7 Å². The summed E-state index contributed by atoms with van der Waals surface area (Å²) in [5.74, 6) is -3.13. The summed E-state index contributed by atoms with van der Waals surface area (Å²) < 4.78 is 78.0. The Bertz CT molecular complexity index is 2200. The molecule has 28 nitrogen and oxygen atoms in total. The van der Waals surface area contributed by atoms with Crippen LogP contribution in [0.5, 0.6) is 0 Å². The van der Waals surface area contributed by atoms with E-state index < -0.39 is 183 Å². The van der Waals surface area contributed by atoms with Crippen molar-refractivity contribution in [2.45, 2.75) is 208 Å². The highest BCUT2D eigenvalue weighted by Crippen LogP contribution is 2.35. The molecule has 0 spiro atoms. The third-order valence-corrected chi connectivity index (χ3v) is 14.1. The van der Waals surface area contributed by atoms with Gasteiger partial charge in [-0.15, -0.1) is 0 Å². The standard InChI is InChI=1S/C49H78N4O24S/c1-5-6-7-8-9-10-11-12-13-14-15-27-16-18-28(19-17-27)45(65)53-34-38(61)37(60)29(20-54)72-47(34)75-42-30(21-55)73-48(35(40(42)63)51-25(3)58)76-43-31(22-56)74-49(36(41(43)64)52-26(4)59)77-44-32(23-70-78(67,68)69)71-46(66)33(39(44)62)50-24(2)57/h10-11,16-19,29-44,46-49,54-56,60-64,66H,5-9,12-15,20-23H2,1-4H3,(H,50,57)(H,51,58)(H,52,59)(H,53,65)(H,67,68,69)/b11-10-/t29?,30-,31?,32-,33?,34?,35?,36?,37+,38+,39?,40?,41+,42+,43+,44+,46?,47-,48-,49-/m0/s1. The largest absolute Gasteiger partial charge is 0.397 e. The summed E-state index contributed by atoms with van der Waals surface area (Å²) in [5, 5.41) is 109. The van der Waals surface area contributed by atoms with Crippen molar-refractivity contribution in [1.82, 2.24) is 21.3 Å². The van der Waals surface area contributed by atoms with Crippen LogP contribution in [-0.4, -0.2) is 232 Å². The van der Waals surface area contributed by atoms with Gasteiger partial charge in [0.1, 0.15) is 97.4 Å². The molecule has 4 aliphatic heterocycles. The van der Waals surface area contributed by atoms with E-state index in [0.717, 1.165) is 58.4 Å². The van der Waals surface area contributed by atoms with Crippen molar-refractivity contribution >= 4 is 34.0 Å². The average Bonchev–Trinajstić information content (AvgIpc) is 3.43. The summed E-state index contributed by atoms with van der Waals surface area (Å²) in [7, 11) is -5.16. The van der Waals surface area contributed by atoms with Gasteiger partial charge in [-0.1, -0.05) is 50.5 Å². The number of nitrogens with one attached hydrogen (secondary N) is 4. The maximum absolute atomic E-state index is 13.7. The zero-order valence-corrected chi connectivity index (χ0v) is 44.6. The van der Waals surface area contributed by atoms with Gasteiger partial charge >= 0.3 is 10.4 Å². The van der Waals surface area contributed by atoms with Crippen molar-refractivity contribution in [3.8, 4) is 0 Å². The van der Waals surface area contributed by atoms with Crippen molar-refractivity contribution in [1.29, 1.82) is 0 Å². The summed E-state index contributed by atoms with van der Waals surface area (Å²) in [6.45, 7) is 1.33. The molecule has 1 aromatic rings. The lowest BCUT2D eigenvalue weighted by Crippen LogP contribution is -2.71. The molecular weight excluding hydrogens is 1060 g/mol. The van der Waals surface area contributed by atoms with E-state index in [1.807, 2.05) is 0 Å². The molecule has 78 heavy (non-hydrogen) atoms. The zero-order chi connectivity index (χ0) is 57.4. The van der Waals surface area contributed by atoms with Gasteiger partial charge in [0.25, 0.3) is 5.91 Å². The van der Waals surface area contributed by atoms with Crippen molar-refractivity contribution < 1.29 is 115 Å². The van der Waals surface area contributed by atoms with E-state index in [1.165, 1.54) is 25.7 Å². The van der Waals surface area contributed by atoms with Crippen LogP contribution < -0.4 is 21.3 Å². The van der Waals surface area contributed by atoms with Crippen LogP contribution in [0.4, 0.5) is 0 Å². The van der Waals surface area contributed by atoms with Crippen LogP contribution in [0.2, 0.25) is 0 Å². The Kier molecular flexibility index (Phi) is 25.6. The highest BCUT2D eigenvalue weighted by atomic mass is 32.3. The van der Waals surface area contributed by atoms with Gasteiger partial charge in [-0.25, -0.2) is 4.18 Å². The molecule has 1 aromatic carbocycles. The Labute approximate surface area is 451 Å². The molecule has 9 unspecified atom stereocenters. The molecule has 14 N–H and O–H groups in total. The molecule has 4 amide bonds. The molecule has 4 heterocycles. The van der Waals surface area contributed by atoms with Crippen LogP contribution in [0.15, 0.2) is 36.4 Å². The highest BCUT2D eigenvalue weighted by molar-refractivity contribution is 7.80. The number of benzene rings is 1. The van der Waals surface area contributed by atoms with E-state index in [1.54, 1.807) is 24.3 Å². The number of hydrogen-bond donors (Lipinski definition) is 14. The predicted octanol–water partition coefficient (Wildman–Crippen LogP) is -3.81. The number of rotatable bonds is 27. The normalized spacial score (nSPS) is 35.5. The van der Waals surface area contributed by atoms with E-state index in [4.69, 9.17) is 33.2 Å². The van der Waals surface area contributed by atoms with E-state index in [0.29, 0.717) is 0 Å². The monoisotopic (exact) mass is 1140 g/mol. The Morgan fingerprint density at radius 1 is 0.551 bits per heavy atom. The number of allylic oxidation sites excluding steroid dienone is 2. The number of hydrogen-bond acceptors (Lipinski definition) is 23. The molecule has 444 valence electrons. The van der Waals surface area contributed by atoms with Crippen LogP contribution in [0.3, 0.4) is 0 Å². The second kappa shape index (κ2) is 30.8. The second-order valence-corrected chi connectivity index (χ2v) is 20.7. The first-order valence-corrected chi connectivity index (χ1v) is 27.4. The lowest BCUT2D eigenvalue weighted by atomic mass is 9.93. The topological polar surface area (TPSA) is 427 Å². The van der Waals surface area contributed by atoms with Crippen LogP contribution >= 0.6 is 0 Å². The zero-order valence-electron chi connectivity index (χ0n) is 43.8. The smallest absolute Gasteiger partial charge is 0.394 e. The number of aliphatic hydroxyl groups is 9. The molecule has 4 saturated heterocycles. The van der Waals surface area contributed by atoms with Crippen molar-refractivity contribution in [2.24, 2.45) is 0 Å². The predicted molar refractivity (Wildman–Crippen MR) is 266 cm³/mol. The van der Waals surface area contributed by atoms with Crippen LogP contribution in [0.25, 0.3) is 0 Å². The van der Waals surface area contributed by atoms with Gasteiger partial charge in [0.2, 0.25) is 17.7 Å². The number of carbonyl (C=O) groups is 4. The van der Waals surface area contributed by atoms with Crippen LogP contribution in [0, 0.1) is 0 Å². The summed E-state index contributed by atoms with van der Waals surface area (Å²) in [6.07, 6.45) is -15.3. The summed E-state index contributed by atoms with van der Waals surface area (Å²) in [4.78, 5) is 51.0. The first kappa shape index (κ1) is 64.9. The maximum atomic E-state index is 13.7. The third-order valence-electron chi connectivity index (χ3n) is 13.6. The van der Waals surface area contributed by atoms with Crippen molar-refractivity contribution in [3.05, 3.63) is 47.5 Å². The van der Waals surface area contributed by atoms with E-state index in [2.05, 4.69) is 44.5 Å². The lowest BCUT2D eigenvalue weighted by Gasteiger charge is -2.51. The summed E-state index contributed by atoms with van der Waals surface area (Å²) in [6, 6.07) is 0.00892. The Morgan fingerprint density at radius 2 is 0.987 bits per heavy atom. The number of unbranched alkanes of at least 4 members (excludes halogenated alkanes) is 6. The average molecular weight is 1140 g/mol. The molecule has 0 saturated carbocycles. The number of ether oxygens (including phenoxy) is 7.